The fraction of sp³-hybridized carbons (Fsp3) is 0.0667. The lowest BCUT2D eigenvalue weighted by atomic mass is 10.1. The molecule has 0 atom stereocenters. The molecule has 3 rings (SSSR count). The summed E-state index contributed by atoms with van der Waals surface area (Å²) in [5.41, 5.74) is 3.27. The second kappa shape index (κ2) is 5.35. The van der Waals surface area contributed by atoms with Crippen LogP contribution in [0.4, 0.5) is 0 Å². The van der Waals surface area contributed by atoms with Crippen LogP contribution in [0.25, 0.3) is 22.8 Å². The van der Waals surface area contributed by atoms with Crippen molar-refractivity contribution in [3.8, 4) is 22.8 Å². The minimum Gasteiger partial charge on any atom is -0.261 e. The molecule has 98 valence electrons. The molecule has 0 amide bonds. The van der Waals surface area contributed by atoms with Gasteiger partial charge in [0, 0.05) is 23.5 Å². The van der Waals surface area contributed by atoms with Crippen LogP contribution in [-0.2, 0) is 0 Å². The zero-order chi connectivity index (χ0) is 13.9. The predicted molar refractivity (Wildman–Crippen MR) is 78.2 cm³/mol. The highest BCUT2D eigenvalue weighted by Crippen LogP contribution is 2.27. The van der Waals surface area contributed by atoms with Crippen molar-refractivity contribution in [3.63, 3.8) is 0 Å². The van der Waals surface area contributed by atoms with E-state index in [4.69, 9.17) is 11.6 Å². The minimum absolute atomic E-state index is 0.430. The number of benzene rings is 1. The van der Waals surface area contributed by atoms with E-state index in [1.807, 2.05) is 37.3 Å². The Kier molecular flexibility index (Phi) is 3.39. The zero-order valence-electron chi connectivity index (χ0n) is 10.8. The normalized spacial score (nSPS) is 10.5. The van der Waals surface area contributed by atoms with E-state index in [2.05, 4.69) is 19.9 Å². The molecule has 3 aromatic rings. The first kappa shape index (κ1) is 12.7. The van der Waals surface area contributed by atoms with Gasteiger partial charge >= 0.3 is 0 Å². The molecule has 5 heteroatoms. The number of aromatic nitrogens is 4. The summed E-state index contributed by atoms with van der Waals surface area (Å²) >= 11 is 6.22. The highest BCUT2D eigenvalue weighted by atomic mass is 35.5. The molecule has 0 aliphatic heterocycles. The van der Waals surface area contributed by atoms with Crippen LogP contribution in [0.1, 0.15) is 5.56 Å². The molecule has 0 aliphatic carbocycles. The Morgan fingerprint density at radius 1 is 1.00 bits per heavy atom. The molecule has 20 heavy (non-hydrogen) atoms. The van der Waals surface area contributed by atoms with Crippen molar-refractivity contribution in [1.82, 2.24) is 19.9 Å². The lowest BCUT2D eigenvalue weighted by Gasteiger charge is -2.08. The molecule has 0 N–H and O–H groups in total. The molecular weight excluding hydrogens is 272 g/mol. The van der Waals surface area contributed by atoms with E-state index in [0.29, 0.717) is 16.7 Å². The van der Waals surface area contributed by atoms with E-state index in [0.717, 1.165) is 16.8 Å². The van der Waals surface area contributed by atoms with Crippen molar-refractivity contribution < 1.29 is 0 Å². The monoisotopic (exact) mass is 282 g/mol. The summed E-state index contributed by atoms with van der Waals surface area (Å²) < 4.78 is 0. The van der Waals surface area contributed by atoms with Gasteiger partial charge in [-0.05, 0) is 6.92 Å². The van der Waals surface area contributed by atoms with E-state index in [9.17, 15) is 0 Å². The second-order valence-electron chi connectivity index (χ2n) is 4.27. The Balaban J connectivity index is 2.19. The zero-order valence-corrected chi connectivity index (χ0v) is 11.5. The molecule has 0 bridgehead atoms. The molecule has 0 fully saturated rings. The van der Waals surface area contributed by atoms with Gasteiger partial charge in [0.05, 0.1) is 11.9 Å². The number of halogens is 1. The van der Waals surface area contributed by atoms with Gasteiger partial charge in [-0.15, -0.1) is 0 Å². The van der Waals surface area contributed by atoms with E-state index in [-0.39, 0.29) is 0 Å². The summed E-state index contributed by atoms with van der Waals surface area (Å²) in [5, 5.41) is 0.430. The minimum atomic E-state index is 0.430. The van der Waals surface area contributed by atoms with Gasteiger partial charge < -0.3 is 0 Å². The van der Waals surface area contributed by atoms with Crippen molar-refractivity contribution in [2.24, 2.45) is 0 Å². The van der Waals surface area contributed by atoms with Crippen molar-refractivity contribution in [2.45, 2.75) is 6.92 Å². The largest absolute Gasteiger partial charge is 0.261 e. The topological polar surface area (TPSA) is 51.6 Å². The van der Waals surface area contributed by atoms with Crippen LogP contribution in [-0.4, -0.2) is 19.9 Å². The predicted octanol–water partition coefficient (Wildman–Crippen LogP) is 3.56. The molecule has 0 spiro atoms. The first-order valence-electron chi connectivity index (χ1n) is 6.11. The van der Waals surface area contributed by atoms with E-state index < -0.39 is 0 Å². The van der Waals surface area contributed by atoms with Gasteiger partial charge in [0.1, 0.15) is 10.8 Å². The van der Waals surface area contributed by atoms with Gasteiger partial charge in [0.15, 0.2) is 5.82 Å². The van der Waals surface area contributed by atoms with Crippen molar-refractivity contribution >= 4 is 11.6 Å². The van der Waals surface area contributed by atoms with Gasteiger partial charge in [0.25, 0.3) is 0 Å². The van der Waals surface area contributed by atoms with E-state index in [1.165, 1.54) is 0 Å². The Labute approximate surface area is 121 Å². The van der Waals surface area contributed by atoms with Crippen LogP contribution in [0.5, 0.6) is 0 Å². The third kappa shape index (κ3) is 2.38. The lowest BCUT2D eigenvalue weighted by molar-refractivity contribution is 1.10. The lowest BCUT2D eigenvalue weighted by Crippen LogP contribution is -1.98. The molecule has 0 saturated heterocycles. The van der Waals surface area contributed by atoms with E-state index >= 15 is 0 Å². The van der Waals surface area contributed by atoms with Crippen LogP contribution in [0.2, 0.25) is 5.15 Å². The standard InChI is InChI=1S/C15H11ClN4/c1-10-13(11-5-3-2-4-6-11)19-15(20-14(10)16)12-9-17-7-8-18-12/h2-9H,1H3. The summed E-state index contributed by atoms with van der Waals surface area (Å²) in [6, 6.07) is 9.88. The average Bonchev–Trinajstić information content (AvgIpc) is 2.51. The van der Waals surface area contributed by atoms with E-state index in [1.54, 1.807) is 18.6 Å². The Morgan fingerprint density at radius 2 is 1.80 bits per heavy atom. The van der Waals surface area contributed by atoms with Crippen LogP contribution in [0, 0.1) is 6.92 Å². The quantitative estimate of drug-likeness (QED) is 0.674. The summed E-state index contributed by atoms with van der Waals surface area (Å²) in [6.07, 6.45) is 4.84. The number of hydrogen-bond acceptors (Lipinski definition) is 4. The molecule has 4 nitrogen and oxygen atoms in total. The van der Waals surface area contributed by atoms with Crippen molar-refractivity contribution in [2.75, 3.05) is 0 Å². The molecule has 0 radical (unpaired) electrons. The van der Waals surface area contributed by atoms with Crippen LogP contribution in [0.3, 0.4) is 0 Å². The Morgan fingerprint density at radius 3 is 2.50 bits per heavy atom. The maximum Gasteiger partial charge on any atom is 0.181 e. The molecular formula is C15H11ClN4. The third-order valence-corrected chi connectivity index (χ3v) is 3.29. The summed E-state index contributed by atoms with van der Waals surface area (Å²) in [7, 11) is 0. The molecule has 0 unspecified atom stereocenters. The van der Waals surface area contributed by atoms with Crippen LogP contribution in [0.15, 0.2) is 48.9 Å². The van der Waals surface area contributed by atoms with Gasteiger partial charge in [-0.3, -0.25) is 4.98 Å². The molecule has 2 aromatic heterocycles. The summed E-state index contributed by atoms with van der Waals surface area (Å²) in [5.74, 6) is 0.479. The van der Waals surface area contributed by atoms with Crippen LogP contribution < -0.4 is 0 Å². The van der Waals surface area contributed by atoms with Gasteiger partial charge in [-0.1, -0.05) is 41.9 Å². The maximum atomic E-state index is 6.22. The number of hydrogen-bond donors (Lipinski definition) is 0. The molecule has 0 aliphatic rings. The van der Waals surface area contributed by atoms with Crippen molar-refractivity contribution in [3.05, 3.63) is 59.6 Å². The van der Waals surface area contributed by atoms with Gasteiger partial charge in [-0.25, -0.2) is 15.0 Å². The van der Waals surface area contributed by atoms with Gasteiger partial charge in [-0.2, -0.15) is 0 Å². The SMILES string of the molecule is Cc1c(Cl)nc(-c2cnccn2)nc1-c1ccccc1. The molecule has 0 saturated carbocycles. The first-order valence-corrected chi connectivity index (χ1v) is 6.49. The fourth-order valence-electron chi connectivity index (χ4n) is 1.90. The maximum absolute atomic E-state index is 6.22. The summed E-state index contributed by atoms with van der Waals surface area (Å²) in [6.45, 7) is 1.91. The Hall–Kier alpha value is -2.33. The smallest absolute Gasteiger partial charge is 0.181 e. The number of nitrogens with zero attached hydrogens (tertiary/aromatic N) is 4. The number of rotatable bonds is 2. The first-order chi connectivity index (χ1) is 9.75. The highest BCUT2D eigenvalue weighted by molar-refractivity contribution is 6.30. The van der Waals surface area contributed by atoms with Gasteiger partial charge in [0.2, 0.25) is 0 Å². The highest BCUT2D eigenvalue weighted by Gasteiger charge is 2.13. The summed E-state index contributed by atoms with van der Waals surface area (Å²) in [4.78, 5) is 17.1. The second-order valence-corrected chi connectivity index (χ2v) is 4.63. The molecule has 2 heterocycles. The third-order valence-electron chi connectivity index (χ3n) is 2.93. The Bertz CT molecular complexity index is 730. The van der Waals surface area contributed by atoms with Crippen molar-refractivity contribution in [1.29, 1.82) is 0 Å². The van der Waals surface area contributed by atoms with Crippen LogP contribution >= 0.6 is 11.6 Å². The average molecular weight is 283 g/mol. The molecule has 1 aromatic carbocycles. The fourth-order valence-corrected chi connectivity index (χ4v) is 2.07.